The predicted octanol–water partition coefficient (Wildman–Crippen LogP) is 0.811. The number of hydrogen-bond acceptors (Lipinski definition) is 4. The zero-order chi connectivity index (χ0) is 15.6. The molecule has 0 aromatic carbocycles. The summed E-state index contributed by atoms with van der Waals surface area (Å²) in [7, 11) is -3.73. The van der Waals surface area contributed by atoms with Gasteiger partial charge in [-0.25, -0.2) is 4.79 Å². The maximum Gasteiger partial charge on any atom is 0.407 e. The van der Waals surface area contributed by atoms with E-state index in [0.29, 0.717) is 5.69 Å². The van der Waals surface area contributed by atoms with E-state index in [2.05, 4.69) is 9.71 Å². The molecule has 8 nitrogen and oxygen atoms in total. The van der Waals surface area contributed by atoms with Gasteiger partial charge in [0.1, 0.15) is 0 Å². The SMILES string of the molecule is C[C@@H]1CN(S(=O)(=O)Nc2cccnc2)C[C@H](C)N1C(=O)O. The zero-order valence-corrected chi connectivity index (χ0v) is 12.6. The summed E-state index contributed by atoms with van der Waals surface area (Å²) < 4.78 is 28.4. The molecule has 1 aromatic heterocycles. The Hall–Kier alpha value is -1.87. The molecule has 1 fully saturated rings. The van der Waals surface area contributed by atoms with E-state index in [1.807, 2.05) is 0 Å². The molecule has 2 atom stereocenters. The topological polar surface area (TPSA) is 103 Å². The van der Waals surface area contributed by atoms with Crippen LogP contribution >= 0.6 is 0 Å². The number of carbonyl (C=O) groups is 1. The van der Waals surface area contributed by atoms with Crippen LogP contribution < -0.4 is 4.72 Å². The van der Waals surface area contributed by atoms with E-state index < -0.39 is 28.4 Å². The number of nitrogens with one attached hydrogen (secondary N) is 1. The Morgan fingerprint density at radius 3 is 2.48 bits per heavy atom. The van der Waals surface area contributed by atoms with Crippen molar-refractivity contribution in [1.29, 1.82) is 0 Å². The summed E-state index contributed by atoms with van der Waals surface area (Å²) >= 11 is 0. The number of aromatic nitrogens is 1. The van der Waals surface area contributed by atoms with Crippen LogP contribution in [0.5, 0.6) is 0 Å². The van der Waals surface area contributed by atoms with Crippen molar-refractivity contribution in [3.8, 4) is 0 Å². The molecule has 2 heterocycles. The third kappa shape index (κ3) is 3.42. The lowest BCUT2D eigenvalue weighted by molar-refractivity contribution is 0.0686. The van der Waals surface area contributed by atoms with Crippen LogP contribution in [-0.4, -0.2) is 59.0 Å². The lowest BCUT2D eigenvalue weighted by atomic mass is 10.1. The Morgan fingerprint density at radius 1 is 1.38 bits per heavy atom. The number of rotatable bonds is 3. The Balaban J connectivity index is 2.13. The highest BCUT2D eigenvalue weighted by molar-refractivity contribution is 7.90. The molecule has 21 heavy (non-hydrogen) atoms. The largest absolute Gasteiger partial charge is 0.465 e. The molecule has 2 N–H and O–H groups in total. The number of anilines is 1. The lowest BCUT2D eigenvalue weighted by Gasteiger charge is -2.41. The number of nitrogens with zero attached hydrogens (tertiary/aromatic N) is 3. The number of piperazine rings is 1. The van der Waals surface area contributed by atoms with Gasteiger partial charge in [-0.05, 0) is 26.0 Å². The highest BCUT2D eigenvalue weighted by Gasteiger charge is 2.37. The second-order valence-corrected chi connectivity index (χ2v) is 6.72. The fraction of sp³-hybridized carbons (Fsp3) is 0.500. The third-order valence-electron chi connectivity index (χ3n) is 3.35. The molecule has 0 radical (unpaired) electrons. The highest BCUT2D eigenvalue weighted by Crippen LogP contribution is 2.19. The molecule has 0 aliphatic carbocycles. The first-order chi connectivity index (χ1) is 9.81. The van der Waals surface area contributed by atoms with Gasteiger partial charge in [0, 0.05) is 31.4 Å². The Morgan fingerprint density at radius 2 is 2.00 bits per heavy atom. The highest BCUT2D eigenvalue weighted by atomic mass is 32.2. The van der Waals surface area contributed by atoms with Gasteiger partial charge < -0.3 is 10.0 Å². The van der Waals surface area contributed by atoms with Crippen molar-refractivity contribution >= 4 is 22.0 Å². The number of hydrogen-bond donors (Lipinski definition) is 2. The third-order valence-corrected chi connectivity index (χ3v) is 4.83. The van der Waals surface area contributed by atoms with Crippen LogP contribution in [0.15, 0.2) is 24.5 Å². The van der Waals surface area contributed by atoms with E-state index in [1.165, 1.54) is 15.4 Å². The molecule has 1 aliphatic heterocycles. The number of amides is 1. The van der Waals surface area contributed by atoms with E-state index in [-0.39, 0.29) is 13.1 Å². The summed E-state index contributed by atoms with van der Waals surface area (Å²) in [5.41, 5.74) is 0.374. The molecule has 0 saturated carbocycles. The molecule has 1 aliphatic rings. The van der Waals surface area contributed by atoms with Crippen molar-refractivity contribution in [3.05, 3.63) is 24.5 Å². The van der Waals surface area contributed by atoms with Crippen LogP contribution in [0.4, 0.5) is 10.5 Å². The monoisotopic (exact) mass is 314 g/mol. The number of carboxylic acid groups (broad SMARTS) is 1. The molecule has 0 bridgehead atoms. The van der Waals surface area contributed by atoms with Crippen LogP contribution in [0.1, 0.15) is 13.8 Å². The summed E-state index contributed by atoms with van der Waals surface area (Å²) in [6, 6.07) is 2.42. The molecule has 2 rings (SSSR count). The molecule has 9 heteroatoms. The molecule has 1 aromatic rings. The first kappa shape index (κ1) is 15.5. The van der Waals surface area contributed by atoms with Gasteiger partial charge in [-0.2, -0.15) is 12.7 Å². The van der Waals surface area contributed by atoms with E-state index in [9.17, 15) is 13.2 Å². The smallest absolute Gasteiger partial charge is 0.407 e. The van der Waals surface area contributed by atoms with Crippen LogP contribution in [0, 0.1) is 0 Å². The molecular formula is C12H18N4O4S. The van der Waals surface area contributed by atoms with Gasteiger partial charge in [-0.15, -0.1) is 0 Å². The fourth-order valence-electron chi connectivity index (χ4n) is 2.48. The second-order valence-electron chi connectivity index (χ2n) is 5.05. The van der Waals surface area contributed by atoms with Gasteiger partial charge in [0.2, 0.25) is 0 Å². The van der Waals surface area contributed by atoms with Gasteiger partial charge >= 0.3 is 16.3 Å². The van der Waals surface area contributed by atoms with Crippen LogP contribution in [0.25, 0.3) is 0 Å². The maximum absolute atomic E-state index is 12.3. The van der Waals surface area contributed by atoms with E-state index in [1.54, 1.807) is 32.2 Å². The summed E-state index contributed by atoms with van der Waals surface area (Å²) in [4.78, 5) is 16.3. The van der Waals surface area contributed by atoms with Crippen LogP contribution in [0.2, 0.25) is 0 Å². The van der Waals surface area contributed by atoms with E-state index >= 15 is 0 Å². The van der Waals surface area contributed by atoms with Gasteiger partial charge in [0.25, 0.3) is 0 Å². The second kappa shape index (κ2) is 5.86. The maximum atomic E-state index is 12.3. The predicted molar refractivity (Wildman–Crippen MR) is 77.1 cm³/mol. The van der Waals surface area contributed by atoms with Crippen molar-refractivity contribution in [2.75, 3.05) is 17.8 Å². The minimum atomic E-state index is -3.73. The minimum absolute atomic E-state index is 0.117. The quantitative estimate of drug-likeness (QED) is 0.859. The van der Waals surface area contributed by atoms with Crippen LogP contribution in [0.3, 0.4) is 0 Å². The Kier molecular flexibility index (Phi) is 4.33. The summed E-state index contributed by atoms with van der Waals surface area (Å²) in [6.07, 6.45) is 1.93. The normalized spacial score (nSPS) is 23.8. The van der Waals surface area contributed by atoms with Gasteiger partial charge in [0.15, 0.2) is 0 Å². The standard InChI is InChI=1S/C12H18N4O4S/c1-9-7-15(8-10(2)16(9)12(17)18)21(19,20)14-11-4-3-5-13-6-11/h3-6,9-10,14H,7-8H2,1-2H3,(H,17,18)/t9-,10+. The fourth-order valence-corrected chi connectivity index (χ4v) is 3.86. The molecule has 1 saturated heterocycles. The summed E-state index contributed by atoms with van der Waals surface area (Å²) in [5.74, 6) is 0. The Bertz CT molecular complexity index is 595. The van der Waals surface area contributed by atoms with Crippen molar-refractivity contribution in [1.82, 2.24) is 14.2 Å². The van der Waals surface area contributed by atoms with E-state index in [4.69, 9.17) is 5.11 Å². The van der Waals surface area contributed by atoms with Crippen molar-refractivity contribution < 1.29 is 18.3 Å². The van der Waals surface area contributed by atoms with Crippen molar-refractivity contribution in [3.63, 3.8) is 0 Å². The molecule has 0 spiro atoms. The van der Waals surface area contributed by atoms with Crippen LogP contribution in [-0.2, 0) is 10.2 Å². The van der Waals surface area contributed by atoms with Gasteiger partial charge in [-0.1, -0.05) is 0 Å². The molecular weight excluding hydrogens is 296 g/mol. The summed E-state index contributed by atoms with van der Waals surface area (Å²) in [5, 5.41) is 9.14. The summed E-state index contributed by atoms with van der Waals surface area (Å²) in [6.45, 7) is 3.62. The zero-order valence-electron chi connectivity index (χ0n) is 11.8. The first-order valence-electron chi connectivity index (χ1n) is 6.50. The molecule has 1 amide bonds. The number of pyridine rings is 1. The van der Waals surface area contributed by atoms with E-state index in [0.717, 1.165) is 0 Å². The van der Waals surface area contributed by atoms with Gasteiger partial charge in [0.05, 0.1) is 11.9 Å². The molecule has 116 valence electrons. The van der Waals surface area contributed by atoms with Gasteiger partial charge in [-0.3, -0.25) is 9.71 Å². The average molecular weight is 314 g/mol. The minimum Gasteiger partial charge on any atom is -0.465 e. The Labute approximate surface area is 123 Å². The van der Waals surface area contributed by atoms with Crippen molar-refractivity contribution in [2.24, 2.45) is 0 Å². The van der Waals surface area contributed by atoms with Crippen molar-refractivity contribution in [2.45, 2.75) is 25.9 Å². The average Bonchev–Trinajstić information content (AvgIpc) is 2.38. The molecule has 0 unspecified atom stereocenters. The lowest BCUT2D eigenvalue weighted by Crippen LogP contribution is -2.60. The first-order valence-corrected chi connectivity index (χ1v) is 7.94.